The van der Waals surface area contributed by atoms with Gasteiger partial charge in [0, 0.05) is 11.5 Å². The Bertz CT molecular complexity index is 436. The molecule has 0 radical (unpaired) electrons. The summed E-state index contributed by atoms with van der Waals surface area (Å²) in [6, 6.07) is 2.14. The van der Waals surface area contributed by atoms with Gasteiger partial charge >= 0.3 is 0 Å². The molecule has 0 saturated carbocycles. The number of furan rings is 1. The van der Waals surface area contributed by atoms with Gasteiger partial charge in [-0.2, -0.15) is 0 Å². The predicted octanol–water partition coefficient (Wildman–Crippen LogP) is 2.29. The predicted molar refractivity (Wildman–Crippen MR) is 40.5 cm³/mol. The Labute approximate surface area is 66.6 Å². The van der Waals surface area contributed by atoms with Gasteiger partial charge in [-0.25, -0.2) is 8.78 Å². The van der Waals surface area contributed by atoms with Gasteiger partial charge in [0.2, 0.25) is 0 Å². The van der Waals surface area contributed by atoms with Gasteiger partial charge in [0.25, 0.3) is 0 Å². The molecule has 62 valence electrons. The van der Waals surface area contributed by atoms with E-state index >= 15 is 0 Å². The first kappa shape index (κ1) is 7.09. The lowest BCUT2D eigenvalue weighted by Gasteiger charge is -1.97. The van der Waals surface area contributed by atoms with Crippen molar-refractivity contribution < 1.29 is 13.2 Å². The van der Waals surface area contributed by atoms with Gasteiger partial charge in [-0.3, -0.25) is 0 Å². The quantitative estimate of drug-likeness (QED) is 0.614. The molecule has 2 aromatic rings. The summed E-state index contributed by atoms with van der Waals surface area (Å²) in [5, 5.41) is 0.271. The summed E-state index contributed by atoms with van der Waals surface area (Å²) in [5.74, 6) is -1.50. The van der Waals surface area contributed by atoms with E-state index in [0.717, 1.165) is 0 Å². The summed E-state index contributed by atoms with van der Waals surface area (Å²) in [7, 11) is 0. The largest absolute Gasteiger partial charge is 0.461 e. The molecule has 2 rings (SSSR count). The molecule has 1 aromatic carbocycles. The highest BCUT2D eigenvalue weighted by atomic mass is 19.1. The van der Waals surface area contributed by atoms with Crippen LogP contribution in [0.2, 0.25) is 0 Å². The van der Waals surface area contributed by atoms with Crippen molar-refractivity contribution in [1.29, 1.82) is 0 Å². The van der Waals surface area contributed by atoms with Crippen molar-refractivity contribution in [2.75, 3.05) is 5.73 Å². The normalized spacial score (nSPS) is 10.8. The average molecular weight is 169 g/mol. The molecular formula is C8H5F2NO. The molecule has 0 saturated heterocycles. The van der Waals surface area contributed by atoms with E-state index in [-0.39, 0.29) is 16.7 Å². The number of hydrogen-bond acceptors (Lipinski definition) is 2. The summed E-state index contributed by atoms with van der Waals surface area (Å²) in [5.41, 5.74) is 5.24. The number of halogens is 2. The molecule has 0 spiro atoms. The zero-order valence-corrected chi connectivity index (χ0v) is 5.97. The minimum absolute atomic E-state index is 0.00565. The monoisotopic (exact) mass is 169 g/mol. The molecule has 0 fully saturated rings. The van der Waals surface area contributed by atoms with Crippen LogP contribution in [0.3, 0.4) is 0 Å². The average Bonchev–Trinajstić information content (AvgIpc) is 2.48. The summed E-state index contributed by atoms with van der Waals surface area (Å²) in [6.45, 7) is 0. The van der Waals surface area contributed by atoms with Crippen molar-refractivity contribution in [2.45, 2.75) is 0 Å². The molecule has 1 aromatic heterocycles. The summed E-state index contributed by atoms with van der Waals surface area (Å²) >= 11 is 0. The van der Waals surface area contributed by atoms with Crippen molar-refractivity contribution in [3.63, 3.8) is 0 Å². The number of nitrogens with two attached hydrogens (primary N) is 1. The lowest BCUT2D eigenvalue weighted by Crippen LogP contribution is -1.92. The molecule has 2 N–H and O–H groups in total. The molecular weight excluding hydrogens is 164 g/mol. The number of rotatable bonds is 0. The van der Waals surface area contributed by atoms with Crippen LogP contribution < -0.4 is 5.73 Å². The lowest BCUT2D eigenvalue weighted by molar-refractivity contribution is 0.548. The Kier molecular flexibility index (Phi) is 1.30. The second-order valence-corrected chi connectivity index (χ2v) is 2.42. The van der Waals surface area contributed by atoms with Gasteiger partial charge in [0.1, 0.15) is 5.82 Å². The maximum absolute atomic E-state index is 12.9. The summed E-state index contributed by atoms with van der Waals surface area (Å²) < 4.78 is 30.4. The molecule has 0 atom stereocenters. The topological polar surface area (TPSA) is 39.2 Å². The summed E-state index contributed by atoms with van der Waals surface area (Å²) in [6.07, 6.45) is 1.27. The minimum atomic E-state index is -0.763. The van der Waals surface area contributed by atoms with E-state index in [1.54, 1.807) is 0 Å². The van der Waals surface area contributed by atoms with Gasteiger partial charge in [0.05, 0.1) is 12.0 Å². The van der Waals surface area contributed by atoms with Gasteiger partial charge < -0.3 is 10.2 Å². The van der Waals surface area contributed by atoms with Gasteiger partial charge in [-0.1, -0.05) is 0 Å². The SMILES string of the molecule is Nc1c(F)cc(F)c2occc12. The van der Waals surface area contributed by atoms with E-state index < -0.39 is 11.6 Å². The van der Waals surface area contributed by atoms with Crippen molar-refractivity contribution in [1.82, 2.24) is 0 Å². The first-order valence-electron chi connectivity index (χ1n) is 3.31. The second kappa shape index (κ2) is 2.20. The van der Waals surface area contributed by atoms with Crippen molar-refractivity contribution >= 4 is 16.7 Å². The fourth-order valence-electron chi connectivity index (χ4n) is 1.09. The van der Waals surface area contributed by atoms with Crippen LogP contribution in [0, 0.1) is 11.6 Å². The number of fused-ring (bicyclic) bond motifs is 1. The maximum Gasteiger partial charge on any atom is 0.171 e. The molecule has 1 heterocycles. The fraction of sp³-hybridized carbons (Fsp3) is 0. The third kappa shape index (κ3) is 0.777. The smallest absolute Gasteiger partial charge is 0.171 e. The van der Waals surface area contributed by atoms with Crippen LogP contribution in [0.25, 0.3) is 11.0 Å². The van der Waals surface area contributed by atoms with Crippen LogP contribution in [0.5, 0.6) is 0 Å². The highest BCUT2D eigenvalue weighted by Crippen LogP contribution is 2.27. The highest BCUT2D eigenvalue weighted by Gasteiger charge is 2.11. The Hall–Kier alpha value is -1.58. The van der Waals surface area contributed by atoms with E-state index in [2.05, 4.69) is 0 Å². The van der Waals surface area contributed by atoms with Crippen LogP contribution in [0.4, 0.5) is 14.5 Å². The van der Waals surface area contributed by atoms with E-state index in [0.29, 0.717) is 6.07 Å². The number of benzene rings is 1. The lowest BCUT2D eigenvalue weighted by atomic mass is 10.2. The van der Waals surface area contributed by atoms with Gasteiger partial charge in [0.15, 0.2) is 11.4 Å². The maximum atomic E-state index is 12.9. The minimum Gasteiger partial charge on any atom is -0.461 e. The second-order valence-electron chi connectivity index (χ2n) is 2.42. The van der Waals surface area contributed by atoms with E-state index in [9.17, 15) is 8.78 Å². The van der Waals surface area contributed by atoms with Gasteiger partial charge in [-0.05, 0) is 6.07 Å². The highest BCUT2D eigenvalue weighted by molar-refractivity contribution is 5.89. The van der Waals surface area contributed by atoms with Crippen LogP contribution in [-0.2, 0) is 0 Å². The van der Waals surface area contributed by atoms with E-state index in [1.165, 1.54) is 12.3 Å². The number of anilines is 1. The molecule has 4 heteroatoms. The fourth-order valence-corrected chi connectivity index (χ4v) is 1.09. The Morgan fingerprint density at radius 2 is 2.00 bits per heavy atom. The molecule has 0 unspecified atom stereocenters. The Balaban J connectivity index is 2.97. The van der Waals surface area contributed by atoms with Crippen molar-refractivity contribution in [3.8, 4) is 0 Å². The Morgan fingerprint density at radius 3 is 2.75 bits per heavy atom. The molecule has 0 bridgehead atoms. The first-order valence-corrected chi connectivity index (χ1v) is 3.31. The van der Waals surface area contributed by atoms with Gasteiger partial charge in [-0.15, -0.1) is 0 Å². The molecule has 0 aliphatic rings. The van der Waals surface area contributed by atoms with E-state index in [1.807, 2.05) is 0 Å². The third-order valence-corrected chi connectivity index (χ3v) is 1.68. The van der Waals surface area contributed by atoms with Crippen LogP contribution in [-0.4, -0.2) is 0 Å². The third-order valence-electron chi connectivity index (χ3n) is 1.68. The molecule has 2 nitrogen and oxygen atoms in total. The molecule has 0 aliphatic heterocycles. The molecule has 12 heavy (non-hydrogen) atoms. The summed E-state index contributed by atoms with van der Waals surface area (Å²) in [4.78, 5) is 0. The van der Waals surface area contributed by atoms with E-state index in [4.69, 9.17) is 10.2 Å². The first-order chi connectivity index (χ1) is 5.70. The van der Waals surface area contributed by atoms with Crippen LogP contribution in [0.1, 0.15) is 0 Å². The number of nitrogen functional groups attached to an aromatic ring is 1. The molecule has 0 aliphatic carbocycles. The van der Waals surface area contributed by atoms with Crippen LogP contribution in [0.15, 0.2) is 22.8 Å². The van der Waals surface area contributed by atoms with Crippen LogP contribution >= 0.6 is 0 Å². The van der Waals surface area contributed by atoms with Crippen molar-refractivity contribution in [2.24, 2.45) is 0 Å². The zero-order chi connectivity index (χ0) is 8.72. The van der Waals surface area contributed by atoms with Crippen molar-refractivity contribution in [3.05, 3.63) is 30.0 Å². The molecule has 0 amide bonds. The zero-order valence-electron chi connectivity index (χ0n) is 5.97. The standard InChI is InChI=1S/C8H5F2NO/c9-5-3-6(10)8-4(7(5)11)1-2-12-8/h1-3H,11H2. The Morgan fingerprint density at radius 1 is 1.25 bits per heavy atom. The number of hydrogen-bond donors (Lipinski definition) is 1.